The van der Waals surface area contributed by atoms with Gasteiger partial charge in [0.2, 0.25) is 0 Å². The molecule has 5 heteroatoms. The molecule has 0 amide bonds. The van der Waals surface area contributed by atoms with E-state index in [1.807, 2.05) is 6.92 Å². The quantitative estimate of drug-likeness (QED) is 0.825. The predicted molar refractivity (Wildman–Crippen MR) is 63.8 cm³/mol. The predicted octanol–water partition coefficient (Wildman–Crippen LogP) is 2.28. The van der Waals surface area contributed by atoms with E-state index >= 15 is 0 Å². The molecular formula is C11H16ClN3O. The largest absolute Gasteiger partial charge is 0.381 e. The van der Waals surface area contributed by atoms with Gasteiger partial charge in [-0.15, -0.1) is 0 Å². The Morgan fingerprint density at radius 2 is 2.44 bits per heavy atom. The van der Waals surface area contributed by atoms with Crippen molar-refractivity contribution in [2.24, 2.45) is 5.92 Å². The van der Waals surface area contributed by atoms with Gasteiger partial charge < -0.3 is 10.1 Å². The lowest BCUT2D eigenvalue weighted by atomic mass is 10.0. The number of ether oxygens (including phenoxy) is 1. The Labute approximate surface area is 100 Å². The minimum atomic E-state index is 0.511. The molecule has 0 spiro atoms. The van der Waals surface area contributed by atoms with Crippen LogP contribution in [-0.2, 0) is 4.74 Å². The Hall–Kier alpha value is -0.870. The highest BCUT2D eigenvalue weighted by molar-refractivity contribution is 6.30. The average Bonchev–Trinajstić information content (AvgIpc) is 2.32. The zero-order chi connectivity index (χ0) is 11.4. The highest BCUT2D eigenvalue weighted by Gasteiger charge is 2.14. The number of nitrogens with one attached hydrogen (secondary N) is 1. The lowest BCUT2D eigenvalue weighted by Gasteiger charge is -2.22. The SMILES string of the molecule is Cc1c(Cl)ncnc1NCC1CCCOC1. The zero-order valence-corrected chi connectivity index (χ0v) is 10.1. The fraction of sp³-hybridized carbons (Fsp3) is 0.636. The van der Waals surface area contributed by atoms with Gasteiger partial charge in [0, 0.05) is 18.7 Å². The van der Waals surface area contributed by atoms with Crippen molar-refractivity contribution in [1.29, 1.82) is 0 Å². The normalized spacial score (nSPS) is 20.8. The second-order valence-electron chi connectivity index (χ2n) is 4.10. The monoisotopic (exact) mass is 241 g/mol. The summed E-state index contributed by atoms with van der Waals surface area (Å²) >= 11 is 5.92. The number of rotatable bonds is 3. The third kappa shape index (κ3) is 2.83. The first kappa shape index (κ1) is 11.6. The maximum Gasteiger partial charge on any atom is 0.137 e. The number of anilines is 1. The molecule has 88 valence electrons. The molecule has 1 N–H and O–H groups in total. The van der Waals surface area contributed by atoms with E-state index in [4.69, 9.17) is 16.3 Å². The molecule has 1 aromatic heterocycles. The van der Waals surface area contributed by atoms with Crippen molar-refractivity contribution in [2.45, 2.75) is 19.8 Å². The first-order valence-electron chi connectivity index (χ1n) is 5.56. The van der Waals surface area contributed by atoms with Crippen LogP contribution in [0.5, 0.6) is 0 Å². The topological polar surface area (TPSA) is 47.0 Å². The van der Waals surface area contributed by atoms with Crippen molar-refractivity contribution in [3.8, 4) is 0 Å². The maximum atomic E-state index is 5.92. The number of halogens is 1. The molecule has 1 aliphatic heterocycles. The fourth-order valence-corrected chi connectivity index (χ4v) is 1.95. The third-order valence-electron chi connectivity index (χ3n) is 2.84. The van der Waals surface area contributed by atoms with Crippen LogP contribution in [-0.4, -0.2) is 29.7 Å². The molecular weight excluding hydrogens is 226 g/mol. The van der Waals surface area contributed by atoms with Crippen LogP contribution < -0.4 is 5.32 Å². The van der Waals surface area contributed by atoms with Crippen molar-refractivity contribution in [1.82, 2.24) is 9.97 Å². The molecule has 1 aromatic rings. The highest BCUT2D eigenvalue weighted by atomic mass is 35.5. The van der Waals surface area contributed by atoms with Gasteiger partial charge in [-0.1, -0.05) is 11.6 Å². The van der Waals surface area contributed by atoms with Crippen LogP contribution in [0.25, 0.3) is 0 Å². The number of nitrogens with zero attached hydrogens (tertiary/aromatic N) is 2. The first-order chi connectivity index (χ1) is 7.77. The molecule has 0 bridgehead atoms. The molecule has 1 atom stereocenters. The van der Waals surface area contributed by atoms with E-state index in [0.717, 1.165) is 37.6 Å². The van der Waals surface area contributed by atoms with Crippen molar-refractivity contribution in [2.75, 3.05) is 25.1 Å². The average molecular weight is 242 g/mol. The van der Waals surface area contributed by atoms with E-state index in [1.165, 1.54) is 12.7 Å². The molecule has 2 rings (SSSR count). The van der Waals surface area contributed by atoms with Gasteiger partial charge in [0.25, 0.3) is 0 Å². The molecule has 1 aliphatic rings. The highest BCUT2D eigenvalue weighted by Crippen LogP contribution is 2.19. The van der Waals surface area contributed by atoms with Gasteiger partial charge in [0.15, 0.2) is 0 Å². The van der Waals surface area contributed by atoms with Gasteiger partial charge in [-0.3, -0.25) is 0 Å². The van der Waals surface area contributed by atoms with Gasteiger partial charge in [-0.05, 0) is 25.7 Å². The number of aromatic nitrogens is 2. The summed E-state index contributed by atoms with van der Waals surface area (Å²) in [6.45, 7) is 4.54. The van der Waals surface area contributed by atoms with Crippen molar-refractivity contribution in [3.05, 3.63) is 17.0 Å². The van der Waals surface area contributed by atoms with E-state index in [-0.39, 0.29) is 0 Å². The van der Waals surface area contributed by atoms with Crippen LogP contribution in [0.1, 0.15) is 18.4 Å². The lowest BCUT2D eigenvalue weighted by molar-refractivity contribution is 0.0595. The molecule has 0 aliphatic carbocycles. The molecule has 1 fully saturated rings. The van der Waals surface area contributed by atoms with Crippen LogP contribution in [0.2, 0.25) is 5.15 Å². The van der Waals surface area contributed by atoms with Crippen LogP contribution >= 0.6 is 11.6 Å². The van der Waals surface area contributed by atoms with Gasteiger partial charge >= 0.3 is 0 Å². The maximum absolute atomic E-state index is 5.92. The van der Waals surface area contributed by atoms with E-state index in [0.29, 0.717) is 11.1 Å². The third-order valence-corrected chi connectivity index (χ3v) is 3.22. The Bertz CT molecular complexity index is 353. The summed E-state index contributed by atoms with van der Waals surface area (Å²) in [5, 5.41) is 3.82. The number of hydrogen-bond donors (Lipinski definition) is 1. The molecule has 0 aromatic carbocycles. The first-order valence-corrected chi connectivity index (χ1v) is 5.94. The molecule has 0 radical (unpaired) electrons. The lowest BCUT2D eigenvalue weighted by Crippen LogP contribution is -2.24. The second-order valence-corrected chi connectivity index (χ2v) is 4.46. The fourth-order valence-electron chi connectivity index (χ4n) is 1.82. The smallest absolute Gasteiger partial charge is 0.137 e. The Morgan fingerprint density at radius 3 is 3.19 bits per heavy atom. The van der Waals surface area contributed by atoms with Crippen LogP contribution in [0.15, 0.2) is 6.33 Å². The summed E-state index contributed by atoms with van der Waals surface area (Å²) in [7, 11) is 0. The Balaban J connectivity index is 1.91. The Kier molecular flexibility index (Phi) is 3.96. The van der Waals surface area contributed by atoms with E-state index < -0.39 is 0 Å². The van der Waals surface area contributed by atoms with Crippen molar-refractivity contribution >= 4 is 17.4 Å². The molecule has 0 saturated carbocycles. The number of hydrogen-bond acceptors (Lipinski definition) is 4. The molecule has 2 heterocycles. The van der Waals surface area contributed by atoms with Gasteiger partial charge in [-0.2, -0.15) is 0 Å². The summed E-state index contributed by atoms with van der Waals surface area (Å²) in [4.78, 5) is 8.10. The molecule has 1 unspecified atom stereocenters. The summed E-state index contributed by atoms with van der Waals surface area (Å²) in [5.41, 5.74) is 0.904. The van der Waals surface area contributed by atoms with Crippen LogP contribution in [0.3, 0.4) is 0 Å². The van der Waals surface area contributed by atoms with Gasteiger partial charge in [0.1, 0.15) is 17.3 Å². The molecule has 16 heavy (non-hydrogen) atoms. The van der Waals surface area contributed by atoms with Crippen LogP contribution in [0, 0.1) is 12.8 Å². The van der Waals surface area contributed by atoms with Crippen LogP contribution in [0.4, 0.5) is 5.82 Å². The van der Waals surface area contributed by atoms with Crippen molar-refractivity contribution in [3.63, 3.8) is 0 Å². The van der Waals surface area contributed by atoms with Crippen molar-refractivity contribution < 1.29 is 4.74 Å². The Morgan fingerprint density at radius 1 is 1.56 bits per heavy atom. The standard InChI is InChI=1S/C11H16ClN3O/c1-8-10(12)14-7-15-11(8)13-5-9-3-2-4-16-6-9/h7,9H,2-6H2,1H3,(H,13,14,15). The molecule has 1 saturated heterocycles. The van der Waals surface area contributed by atoms with E-state index in [1.54, 1.807) is 0 Å². The molecule has 4 nitrogen and oxygen atoms in total. The summed E-state index contributed by atoms with van der Waals surface area (Å²) in [6.07, 6.45) is 3.84. The van der Waals surface area contributed by atoms with Gasteiger partial charge in [-0.25, -0.2) is 9.97 Å². The van der Waals surface area contributed by atoms with Gasteiger partial charge in [0.05, 0.1) is 6.61 Å². The minimum Gasteiger partial charge on any atom is -0.381 e. The minimum absolute atomic E-state index is 0.511. The summed E-state index contributed by atoms with van der Waals surface area (Å²) in [6, 6.07) is 0. The second kappa shape index (κ2) is 5.46. The van der Waals surface area contributed by atoms with E-state index in [2.05, 4.69) is 15.3 Å². The van der Waals surface area contributed by atoms with E-state index in [9.17, 15) is 0 Å². The summed E-state index contributed by atoms with van der Waals surface area (Å²) in [5.74, 6) is 1.40. The summed E-state index contributed by atoms with van der Waals surface area (Å²) < 4.78 is 5.43. The zero-order valence-electron chi connectivity index (χ0n) is 9.37.